The molecule has 1 rings (SSSR count). The molecule has 1 aromatic carbocycles. The molecular weight excluding hydrogens is 293 g/mol. The molecule has 0 aliphatic heterocycles. The number of hydrogen-bond acceptors (Lipinski definition) is 5. The normalized spacial score (nSPS) is 11.0. The van der Waals surface area contributed by atoms with Gasteiger partial charge in [-0.2, -0.15) is 13.2 Å². The van der Waals surface area contributed by atoms with Crippen LogP contribution in [0.15, 0.2) is 18.2 Å². The summed E-state index contributed by atoms with van der Waals surface area (Å²) in [7, 11) is 0. The molecule has 9 heteroatoms. The van der Waals surface area contributed by atoms with E-state index >= 15 is 0 Å². The predicted molar refractivity (Wildman–Crippen MR) is 67.8 cm³/mol. The third kappa shape index (κ3) is 4.93. The van der Waals surface area contributed by atoms with Crippen molar-refractivity contribution in [2.75, 3.05) is 18.5 Å². The van der Waals surface area contributed by atoms with Gasteiger partial charge in [0, 0.05) is 12.6 Å². The molecule has 0 amide bonds. The third-order valence-corrected chi connectivity index (χ3v) is 2.47. The first kappa shape index (κ1) is 16.7. The SMILES string of the molecule is CCOC(=O)CCNc1ccc(C(F)(F)F)cc1[N+](=O)[O-]. The van der Waals surface area contributed by atoms with Crippen LogP contribution in [0.25, 0.3) is 0 Å². The zero-order valence-electron chi connectivity index (χ0n) is 11.1. The van der Waals surface area contributed by atoms with Gasteiger partial charge in [0.05, 0.1) is 23.5 Å². The number of esters is 1. The van der Waals surface area contributed by atoms with Crippen molar-refractivity contribution in [1.29, 1.82) is 0 Å². The van der Waals surface area contributed by atoms with Crippen molar-refractivity contribution < 1.29 is 27.6 Å². The lowest BCUT2D eigenvalue weighted by Crippen LogP contribution is -2.13. The van der Waals surface area contributed by atoms with Gasteiger partial charge in [0.1, 0.15) is 5.69 Å². The van der Waals surface area contributed by atoms with E-state index in [1.54, 1.807) is 6.92 Å². The first-order valence-corrected chi connectivity index (χ1v) is 6.00. The lowest BCUT2D eigenvalue weighted by Gasteiger charge is -2.10. The molecule has 0 aliphatic carbocycles. The number of carbonyl (C=O) groups is 1. The highest BCUT2D eigenvalue weighted by Crippen LogP contribution is 2.34. The molecule has 0 saturated carbocycles. The summed E-state index contributed by atoms with van der Waals surface area (Å²) in [6.45, 7) is 1.86. The quantitative estimate of drug-likeness (QED) is 0.496. The van der Waals surface area contributed by atoms with E-state index in [1.165, 1.54) is 0 Å². The Morgan fingerprint density at radius 3 is 2.62 bits per heavy atom. The Kier molecular flexibility index (Phi) is 5.51. The average molecular weight is 306 g/mol. The highest BCUT2D eigenvalue weighted by atomic mass is 19.4. The Balaban J connectivity index is 2.83. The van der Waals surface area contributed by atoms with Crippen molar-refractivity contribution in [1.82, 2.24) is 0 Å². The predicted octanol–water partition coefficient (Wildman–Crippen LogP) is 2.98. The number of nitrogens with one attached hydrogen (secondary N) is 1. The largest absolute Gasteiger partial charge is 0.466 e. The van der Waals surface area contributed by atoms with Crippen molar-refractivity contribution in [3.63, 3.8) is 0 Å². The molecule has 0 spiro atoms. The molecule has 0 fully saturated rings. The maximum atomic E-state index is 12.5. The summed E-state index contributed by atoms with van der Waals surface area (Å²) in [4.78, 5) is 21.0. The molecule has 1 aromatic rings. The summed E-state index contributed by atoms with van der Waals surface area (Å²) in [5.41, 5.74) is -1.89. The third-order valence-electron chi connectivity index (χ3n) is 2.47. The first-order chi connectivity index (χ1) is 9.75. The molecule has 0 unspecified atom stereocenters. The number of anilines is 1. The number of hydrogen-bond donors (Lipinski definition) is 1. The minimum absolute atomic E-state index is 0.0189. The number of ether oxygens (including phenoxy) is 1. The lowest BCUT2D eigenvalue weighted by atomic mass is 10.1. The zero-order valence-corrected chi connectivity index (χ0v) is 11.1. The van der Waals surface area contributed by atoms with E-state index in [1.807, 2.05) is 0 Å². The van der Waals surface area contributed by atoms with Crippen LogP contribution in [0.5, 0.6) is 0 Å². The summed E-state index contributed by atoms with van der Waals surface area (Å²) >= 11 is 0. The van der Waals surface area contributed by atoms with Crippen LogP contribution in [0.4, 0.5) is 24.5 Å². The second-order valence-corrected chi connectivity index (χ2v) is 3.97. The molecule has 1 N–H and O–H groups in total. The van der Waals surface area contributed by atoms with E-state index in [0.717, 1.165) is 12.1 Å². The van der Waals surface area contributed by atoms with Crippen molar-refractivity contribution >= 4 is 17.3 Å². The van der Waals surface area contributed by atoms with Crippen molar-refractivity contribution in [2.45, 2.75) is 19.5 Å². The molecule has 21 heavy (non-hydrogen) atoms. The maximum Gasteiger partial charge on any atom is 0.416 e. The fourth-order valence-corrected chi connectivity index (χ4v) is 1.54. The summed E-state index contributed by atoms with van der Waals surface area (Å²) in [5, 5.41) is 13.4. The van der Waals surface area contributed by atoms with Crippen LogP contribution in [-0.2, 0) is 15.7 Å². The number of nitro benzene ring substituents is 1. The molecule has 0 heterocycles. The van der Waals surface area contributed by atoms with Crippen LogP contribution >= 0.6 is 0 Å². The van der Waals surface area contributed by atoms with Gasteiger partial charge in [-0.25, -0.2) is 0 Å². The second kappa shape index (κ2) is 6.91. The molecule has 116 valence electrons. The average Bonchev–Trinajstić information content (AvgIpc) is 2.37. The topological polar surface area (TPSA) is 81.5 Å². The van der Waals surface area contributed by atoms with Crippen LogP contribution in [0.1, 0.15) is 18.9 Å². The number of nitrogens with zero attached hydrogens (tertiary/aromatic N) is 1. The molecule has 0 saturated heterocycles. The number of alkyl halides is 3. The van der Waals surface area contributed by atoms with Crippen LogP contribution < -0.4 is 5.32 Å². The maximum absolute atomic E-state index is 12.5. The number of carbonyl (C=O) groups excluding carboxylic acids is 1. The monoisotopic (exact) mass is 306 g/mol. The molecule has 0 atom stereocenters. The Morgan fingerprint density at radius 2 is 2.10 bits per heavy atom. The summed E-state index contributed by atoms with van der Waals surface area (Å²) in [6, 6.07) is 2.15. The number of benzene rings is 1. The molecular formula is C12H13F3N2O4. The lowest BCUT2D eigenvalue weighted by molar-refractivity contribution is -0.384. The van der Waals surface area contributed by atoms with Crippen molar-refractivity contribution in [3.8, 4) is 0 Å². The van der Waals surface area contributed by atoms with E-state index in [-0.39, 0.29) is 25.3 Å². The standard InChI is InChI=1S/C12H13F3N2O4/c1-2-21-11(18)5-6-16-9-4-3-8(12(13,14)15)7-10(9)17(19)20/h3-4,7,16H,2,5-6H2,1H3. The highest BCUT2D eigenvalue weighted by molar-refractivity contribution is 5.70. The van der Waals surface area contributed by atoms with E-state index < -0.39 is 28.3 Å². The fourth-order valence-electron chi connectivity index (χ4n) is 1.54. The van der Waals surface area contributed by atoms with Crippen molar-refractivity contribution in [2.24, 2.45) is 0 Å². The van der Waals surface area contributed by atoms with E-state index in [2.05, 4.69) is 10.1 Å². The molecule has 0 radical (unpaired) electrons. The van der Waals surface area contributed by atoms with Gasteiger partial charge in [-0.05, 0) is 19.1 Å². The minimum atomic E-state index is -4.66. The summed E-state index contributed by atoms with van der Waals surface area (Å²) < 4.78 is 42.2. The number of nitro groups is 1. The Labute approximate surface area is 118 Å². The second-order valence-electron chi connectivity index (χ2n) is 3.97. The Hall–Kier alpha value is -2.32. The highest BCUT2D eigenvalue weighted by Gasteiger charge is 2.32. The smallest absolute Gasteiger partial charge is 0.416 e. The zero-order chi connectivity index (χ0) is 16.0. The van der Waals surface area contributed by atoms with Gasteiger partial charge in [-0.1, -0.05) is 0 Å². The van der Waals surface area contributed by atoms with Gasteiger partial charge >= 0.3 is 12.1 Å². The molecule has 0 bridgehead atoms. The number of halogens is 3. The van der Waals surface area contributed by atoms with E-state index in [0.29, 0.717) is 6.07 Å². The summed E-state index contributed by atoms with van der Waals surface area (Å²) in [5.74, 6) is -0.500. The Bertz CT molecular complexity index is 532. The van der Waals surface area contributed by atoms with E-state index in [9.17, 15) is 28.1 Å². The van der Waals surface area contributed by atoms with Crippen LogP contribution in [0, 0.1) is 10.1 Å². The van der Waals surface area contributed by atoms with Crippen molar-refractivity contribution in [3.05, 3.63) is 33.9 Å². The van der Waals surface area contributed by atoms with Gasteiger partial charge in [-0.3, -0.25) is 14.9 Å². The van der Waals surface area contributed by atoms with Gasteiger partial charge in [-0.15, -0.1) is 0 Å². The van der Waals surface area contributed by atoms with Gasteiger partial charge in [0.25, 0.3) is 5.69 Å². The van der Waals surface area contributed by atoms with Crippen LogP contribution in [-0.4, -0.2) is 24.0 Å². The van der Waals surface area contributed by atoms with Gasteiger partial charge < -0.3 is 10.1 Å². The molecule has 0 aromatic heterocycles. The first-order valence-electron chi connectivity index (χ1n) is 6.00. The fraction of sp³-hybridized carbons (Fsp3) is 0.417. The van der Waals surface area contributed by atoms with Gasteiger partial charge in [0.2, 0.25) is 0 Å². The molecule has 6 nitrogen and oxygen atoms in total. The molecule has 0 aliphatic rings. The minimum Gasteiger partial charge on any atom is -0.466 e. The van der Waals surface area contributed by atoms with Crippen LogP contribution in [0.2, 0.25) is 0 Å². The van der Waals surface area contributed by atoms with E-state index in [4.69, 9.17) is 0 Å². The number of rotatable bonds is 6. The van der Waals surface area contributed by atoms with Crippen LogP contribution in [0.3, 0.4) is 0 Å². The van der Waals surface area contributed by atoms with Gasteiger partial charge in [0.15, 0.2) is 0 Å². The summed E-state index contributed by atoms with van der Waals surface area (Å²) in [6.07, 6.45) is -4.71. The Morgan fingerprint density at radius 1 is 1.43 bits per heavy atom.